The van der Waals surface area contributed by atoms with Crippen LogP contribution in [0.4, 0.5) is 5.69 Å². The predicted molar refractivity (Wildman–Crippen MR) is 120 cm³/mol. The average molecular weight is 464 g/mol. The molecule has 0 saturated carbocycles. The van der Waals surface area contributed by atoms with Crippen molar-refractivity contribution >= 4 is 39.1 Å². The highest BCUT2D eigenvalue weighted by atomic mass is 35.5. The van der Waals surface area contributed by atoms with Gasteiger partial charge in [-0.1, -0.05) is 23.7 Å². The van der Waals surface area contributed by atoms with Crippen LogP contribution < -0.4 is 10.6 Å². The second kappa shape index (κ2) is 10.3. The Kier molecular flexibility index (Phi) is 7.69. The molecule has 0 unspecified atom stereocenters. The van der Waals surface area contributed by atoms with E-state index >= 15 is 0 Å². The largest absolute Gasteiger partial charge is 0.356 e. The number of hydrogen-bond acceptors (Lipinski definition) is 4. The summed E-state index contributed by atoms with van der Waals surface area (Å²) < 4.78 is 27.2. The van der Waals surface area contributed by atoms with Crippen LogP contribution in [-0.4, -0.2) is 44.2 Å². The van der Waals surface area contributed by atoms with Crippen LogP contribution in [-0.2, 0) is 26.0 Å². The molecule has 1 fully saturated rings. The molecular formula is C22H26ClN3O4S. The Labute approximate surface area is 187 Å². The molecule has 31 heavy (non-hydrogen) atoms. The first-order valence-corrected chi connectivity index (χ1v) is 12.0. The van der Waals surface area contributed by atoms with Gasteiger partial charge in [-0.3, -0.25) is 9.59 Å². The molecule has 7 nitrogen and oxygen atoms in total. The van der Waals surface area contributed by atoms with Crippen molar-refractivity contribution in [3.8, 4) is 0 Å². The van der Waals surface area contributed by atoms with Gasteiger partial charge in [0, 0.05) is 43.2 Å². The zero-order chi connectivity index (χ0) is 22.4. The van der Waals surface area contributed by atoms with Crippen LogP contribution in [0, 0.1) is 5.92 Å². The lowest BCUT2D eigenvalue weighted by Gasteiger charge is -2.30. The molecule has 0 radical (unpaired) electrons. The number of benzene rings is 2. The van der Waals surface area contributed by atoms with E-state index in [2.05, 4.69) is 10.6 Å². The van der Waals surface area contributed by atoms with Crippen molar-refractivity contribution in [2.45, 2.75) is 31.1 Å². The number of halogens is 1. The average Bonchev–Trinajstić information content (AvgIpc) is 2.75. The number of anilines is 1. The number of sulfonamides is 1. The molecule has 1 heterocycles. The van der Waals surface area contributed by atoms with Gasteiger partial charge in [0.25, 0.3) is 0 Å². The first-order valence-electron chi connectivity index (χ1n) is 10.2. The molecule has 0 aliphatic carbocycles. The van der Waals surface area contributed by atoms with Crippen molar-refractivity contribution in [2.75, 3.05) is 25.0 Å². The molecule has 0 aromatic heterocycles. The maximum absolute atomic E-state index is 12.9. The molecule has 2 aromatic rings. The van der Waals surface area contributed by atoms with Crippen LogP contribution in [0.1, 0.15) is 25.3 Å². The Morgan fingerprint density at radius 3 is 2.23 bits per heavy atom. The summed E-state index contributed by atoms with van der Waals surface area (Å²) in [5.41, 5.74) is 1.63. The van der Waals surface area contributed by atoms with Crippen molar-refractivity contribution < 1.29 is 18.0 Å². The summed E-state index contributed by atoms with van der Waals surface area (Å²) in [5.74, 6) is -0.450. The monoisotopic (exact) mass is 463 g/mol. The van der Waals surface area contributed by atoms with Gasteiger partial charge >= 0.3 is 0 Å². The van der Waals surface area contributed by atoms with E-state index in [1.165, 1.54) is 23.4 Å². The Morgan fingerprint density at radius 1 is 1.03 bits per heavy atom. The van der Waals surface area contributed by atoms with Crippen LogP contribution in [0.5, 0.6) is 0 Å². The van der Waals surface area contributed by atoms with Crippen molar-refractivity contribution in [3.63, 3.8) is 0 Å². The molecule has 1 aliphatic heterocycles. The first-order chi connectivity index (χ1) is 14.8. The van der Waals surface area contributed by atoms with E-state index in [9.17, 15) is 18.0 Å². The molecule has 0 bridgehead atoms. The van der Waals surface area contributed by atoms with Gasteiger partial charge in [0.15, 0.2) is 0 Å². The van der Waals surface area contributed by atoms with Crippen LogP contribution in [0.25, 0.3) is 0 Å². The molecule has 0 spiro atoms. The van der Waals surface area contributed by atoms with Gasteiger partial charge in [-0.05, 0) is 61.2 Å². The van der Waals surface area contributed by atoms with Crippen molar-refractivity contribution in [3.05, 3.63) is 59.1 Å². The van der Waals surface area contributed by atoms with Crippen LogP contribution in [0.3, 0.4) is 0 Å². The van der Waals surface area contributed by atoms with E-state index in [4.69, 9.17) is 11.6 Å². The number of hydrogen-bond donors (Lipinski definition) is 2. The minimum atomic E-state index is -3.63. The topological polar surface area (TPSA) is 95.6 Å². The molecule has 166 valence electrons. The van der Waals surface area contributed by atoms with E-state index in [1.54, 1.807) is 12.1 Å². The minimum absolute atomic E-state index is 0.0364. The highest BCUT2D eigenvalue weighted by Crippen LogP contribution is 2.25. The molecule has 9 heteroatoms. The summed E-state index contributed by atoms with van der Waals surface area (Å²) >= 11 is 5.87. The fourth-order valence-corrected chi connectivity index (χ4v) is 5.14. The smallest absolute Gasteiger partial charge is 0.243 e. The third-order valence-electron chi connectivity index (χ3n) is 5.26. The second-order valence-electron chi connectivity index (χ2n) is 7.55. The molecular weight excluding hydrogens is 438 g/mol. The van der Waals surface area contributed by atoms with Gasteiger partial charge in [0.05, 0.1) is 4.90 Å². The van der Waals surface area contributed by atoms with E-state index < -0.39 is 10.0 Å². The Bertz CT molecular complexity index is 1020. The summed E-state index contributed by atoms with van der Waals surface area (Å²) in [5, 5.41) is 6.24. The molecule has 1 aliphatic rings. The van der Waals surface area contributed by atoms with Gasteiger partial charge in [-0.25, -0.2) is 8.42 Å². The number of amides is 2. The van der Waals surface area contributed by atoms with Crippen molar-refractivity contribution in [1.29, 1.82) is 0 Å². The van der Waals surface area contributed by atoms with Gasteiger partial charge < -0.3 is 10.6 Å². The number of piperidine rings is 1. The van der Waals surface area contributed by atoms with E-state index in [1.807, 2.05) is 24.3 Å². The van der Waals surface area contributed by atoms with Gasteiger partial charge in [-0.2, -0.15) is 4.31 Å². The fraction of sp³-hybridized carbons (Fsp3) is 0.364. The number of carbonyl (C=O) groups excluding carboxylic acids is 2. The molecule has 0 atom stereocenters. The minimum Gasteiger partial charge on any atom is -0.356 e. The zero-order valence-corrected chi connectivity index (χ0v) is 18.9. The maximum atomic E-state index is 12.9. The summed E-state index contributed by atoms with van der Waals surface area (Å²) in [6, 6.07) is 13.6. The number of carbonyl (C=O) groups is 2. The third-order valence-corrected chi connectivity index (χ3v) is 7.43. The van der Waals surface area contributed by atoms with Crippen LogP contribution in [0.15, 0.2) is 53.4 Å². The van der Waals surface area contributed by atoms with E-state index in [0.717, 1.165) is 5.56 Å². The van der Waals surface area contributed by atoms with Crippen LogP contribution >= 0.6 is 11.6 Å². The first kappa shape index (κ1) is 23.2. The maximum Gasteiger partial charge on any atom is 0.243 e. The summed E-state index contributed by atoms with van der Waals surface area (Å²) in [4.78, 5) is 23.7. The van der Waals surface area contributed by atoms with Crippen molar-refractivity contribution in [1.82, 2.24) is 9.62 Å². The van der Waals surface area contributed by atoms with E-state index in [-0.39, 0.29) is 22.6 Å². The van der Waals surface area contributed by atoms with Crippen LogP contribution in [0.2, 0.25) is 5.02 Å². The summed E-state index contributed by atoms with van der Waals surface area (Å²) in [6.07, 6.45) is 1.68. The SMILES string of the molecule is CC(=O)Nc1ccc(S(=O)(=O)N2CCC(C(=O)NCCc3ccc(Cl)cc3)CC2)cc1. The molecule has 1 saturated heterocycles. The highest BCUT2D eigenvalue weighted by molar-refractivity contribution is 7.89. The second-order valence-corrected chi connectivity index (χ2v) is 9.93. The zero-order valence-electron chi connectivity index (χ0n) is 17.3. The fourth-order valence-electron chi connectivity index (χ4n) is 3.55. The normalized spacial score (nSPS) is 15.4. The molecule has 2 aromatic carbocycles. The standard InChI is InChI=1S/C22H26ClN3O4S/c1-16(27)25-20-6-8-21(9-7-20)31(29,30)26-14-11-18(12-15-26)22(28)24-13-10-17-2-4-19(23)5-3-17/h2-9,18H,10-15H2,1H3,(H,24,28)(H,25,27). The molecule has 2 N–H and O–H groups in total. The molecule has 2 amide bonds. The lowest BCUT2D eigenvalue weighted by atomic mass is 9.97. The predicted octanol–water partition coefficient (Wildman–Crippen LogP) is 3.06. The third kappa shape index (κ3) is 6.29. The number of nitrogens with one attached hydrogen (secondary N) is 2. The Hall–Kier alpha value is -2.42. The van der Waals surface area contributed by atoms with Gasteiger partial charge in [0.1, 0.15) is 0 Å². The highest BCUT2D eigenvalue weighted by Gasteiger charge is 2.32. The van der Waals surface area contributed by atoms with Crippen molar-refractivity contribution in [2.24, 2.45) is 5.92 Å². The summed E-state index contributed by atoms with van der Waals surface area (Å²) in [6.45, 7) is 2.51. The van der Waals surface area contributed by atoms with Gasteiger partial charge in [0.2, 0.25) is 21.8 Å². The van der Waals surface area contributed by atoms with Gasteiger partial charge in [-0.15, -0.1) is 0 Å². The quantitative estimate of drug-likeness (QED) is 0.659. The Morgan fingerprint density at radius 2 is 1.65 bits per heavy atom. The lowest BCUT2D eigenvalue weighted by molar-refractivity contribution is -0.126. The lowest BCUT2D eigenvalue weighted by Crippen LogP contribution is -2.43. The number of rotatable bonds is 7. The summed E-state index contributed by atoms with van der Waals surface area (Å²) in [7, 11) is -3.63. The molecule has 3 rings (SSSR count). The number of nitrogens with zero attached hydrogens (tertiary/aromatic N) is 1. The Balaban J connectivity index is 1.49. The van der Waals surface area contributed by atoms with E-state index in [0.29, 0.717) is 49.6 Å².